The van der Waals surface area contributed by atoms with Gasteiger partial charge in [0.15, 0.2) is 0 Å². The number of carbonyl (C=O) groups is 2. The molecular formula is C18H24ClFN2O2. The van der Waals surface area contributed by atoms with E-state index in [0.29, 0.717) is 11.7 Å². The van der Waals surface area contributed by atoms with E-state index >= 15 is 0 Å². The van der Waals surface area contributed by atoms with E-state index in [9.17, 15) is 14.0 Å². The number of piperidine rings is 1. The summed E-state index contributed by atoms with van der Waals surface area (Å²) in [6, 6.07) is 4.45. The lowest BCUT2D eigenvalue weighted by atomic mass is 9.99. The molecule has 1 fully saturated rings. The largest absolute Gasteiger partial charge is 0.340 e. The number of nitrogens with zero attached hydrogens (tertiary/aromatic N) is 2. The van der Waals surface area contributed by atoms with Crippen molar-refractivity contribution < 1.29 is 14.0 Å². The number of likely N-dealkylation sites (tertiary alicyclic amines) is 1. The number of hydrogen-bond donors (Lipinski definition) is 0. The van der Waals surface area contributed by atoms with Crippen molar-refractivity contribution in [1.29, 1.82) is 0 Å². The maximum Gasteiger partial charge on any atom is 0.224 e. The smallest absolute Gasteiger partial charge is 0.224 e. The van der Waals surface area contributed by atoms with Gasteiger partial charge < -0.3 is 9.80 Å². The Balaban J connectivity index is 2.04. The van der Waals surface area contributed by atoms with E-state index in [1.807, 2.05) is 4.90 Å². The summed E-state index contributed by atoms with van der Waals surface area (Å²) in [4.78, 5) is 27.9. The summed E-state index contributed by atoms with van der Waals surface area (Å²) >= 11 is 5.80. The zero-order valence-electron chi connectivity index (χ0n) is 14.2. The second-order valence-electron chi connectivity index (χ2n) is 6.16. The molecule has 1 aliphatic heterocycles. The number of halogens is 2. The van der Waals surface area contributed by atoms with Crippen molar-refractivity contribution in [3.8, 4) is 0 Å². The summed E-state index contributed by atoms with van der Waals surface area (Å²) in [5.41, 5.74) is 0.507. The lowest BCUT2D eigenvalue weighted by molar-refractivity contribution is -0.134. The zero-order chi connectivity index (χ0) is 17.7. The third-order valence-corrected chi connectivity index (χ3v) is 4.85. The van der Waals surface area contributed by atoms with Gasteiger partial charge in [0.2, 0.25) is 11.8 Å². The van der Waals surface area contributed by atoms with Gasteiger partial charge in [-0.1, -0.05) is 18.5 Å². The van der Waals surface area contributed by atoms with Crippen molar-refractivity contribution in [2.45, 2.75) is 52.0 Å². The Morgan fingerprint density at radius 2 is 2.12 bits per heavy atom. The lowest BCUT2D eigenvalue weighted by Crippen LogP contribution is -2.44. The van der Waals surface area contributed by atoms with E-state index < -0.39 is 5.82 Å². The van der Waals surface area contributed by atoms with Gasteiger partial charge in [0.1, 0.15) is 5.82 Å². The first kappa shape index (κ1) is 18.7. The molecule has 1 heterocycles. The molecule has 0 radical (unpaired) electrons. The van der Waals surface area contributed by atoms with Gasteiger partial charge in [0, 0.05) is 38.2 Å². The maximum atomic E-state index is 13.3. The Morgan fingerprint density at radius 3 is 2.75 bits per heavy atom. The molecule has 0 spiro atoms. The fraction of sp³-hybridized carbons (Fsp3) is 0.556. The standard InChI is InChI=1S/C18H24ClFN2O2/c1-3-14-6-4-5-10-22(14)18(24)9-11-21(13(2)23)15-7-8-17(20)16(19)12-15/h7-8,12,14H,3-6,9-11H2,1-2H3. The van der Waals surface area contributed by atoms with Crippen LogP contribution in [0.2, 0.25) is 5.02 Å². The molecule has 1 aliphatic rings. The molecule has 0 bridgehead atoms. The van der Waals surface area contributed by atoms with Crippen LogP contribution >= 0.6 is 11.6 Å². The molecule has 0 aromatic heterocycles. The quantitative estimate of drug-likeness (QED) is 0.801. The molecule has 2 amide bonds. The average molecular weight is 355 g/mol. The number of anilines is 1. The fourth-order valence-corrected chi connectivity index (χ4v) is 3.40. The second kappa shape index (κ2) is 8.47. The Hall–Kier alpha value is -1.62. The van der Waals surface area contributed by atoms with E-state index in [2.05, 4.69) is 6.92 Å². The van der Waals surface area contributed by atoms with Crippen LogP contribution in [0.25, 0.3) is 0 Å². The maximum absolute atomic E-state index is 13.3. The topological polar surface area (TPSA) is 40.6 Å². The molecule has 132 valence electrons. The molecule has 0 saturated carbocycles. The highest BCUT2D eigenvalue weighted by atomic mass is 35.5. The van der Waals surface area contributed by atoms with E-state index in [1.54, 1.807) is 0 Å². The highest BCUT2D eigenvalue weighted by molar-refractivity contribution is 6.31. The Bertz CT molecular complexity index is 609. The Kier molecular flexibility index (Phi) is 6.60. The third kappa shape index (κ3) is 4.47. The van der Waals surface area contributed by atoms with Gasteiger partial charge in [-0.05, 0) is 43.9 Å². The molecule has 1 aromatic carbocycles. The molecule has 6 heteroatoms. The molecule has 1 unspecified atom stereocenters. The van der Waals surface area contributed by atoms with Crippen molar-refractivity contribution in [1.82, 2.24) is 4.90 Å². The van der Waals surface area contributed by atoms with E-state index in [4.69, 9.17) is 11.6 Å². The summed E-state index contributed by atoms with van der Waals surface area (Å²) in [6.07, 6.45) is 4.45. The van der Waals surface area contributed by atoms with Crippen molar-refractivity contribution in [3.05, 3.63) is 29.0 Å². The predicted molar refractivity (Wildman–Crippen MR) is 93.7 cm³/mol. The molecular weight excluding hydrogens is 331 g/mol. The molecule has 1 saturated heterocycles. The minimum atomic E-state index is -0.529. The highest BCUT2D eigenvalue weighted by Crippen LogP contribution is 2.24. The molecule has 1 aromatic rings. The van der Waals surface area contributed by atoms with Crippen molar-refractivity contribution in [2.24, 2.45) is 0 Å². The summed E-state index contributed by atoms with van der Waals surface area (Å²) in [6.45, 7) is 4.58. The molecule has 4 nitrogen and oxygen atoms in total. The van der Waals surface area contributed by atoms with Gasteiger partial charge in [-0.2, -0.15) is 0 Å². The number of benzene rings is 1. The van der Waals surface area contributed by atoms with Crippen molar-refractivity contribution in [2.75, 3.05) is 18.0 Å². The van der Waals surface area contributed by atoms with Crippen LogP contribution in [0.15, 0.2) is 18.2 Å². The van der Waals surface area contributed by atoms with Crippen molar-refractivity contribution in [3.63, 3.8) is 0 Å². The zero-order valence-corrected chi connectivity index (χ0v) is 15.0. The van der Waals surface area contributed by atoms with Gasteiger partial charge in [-0.25, -0.2) is 4.39 Å². The second-order valence-corrected chi connectivity index (χ2v) is 6.57. The van der Waals surface area contributed by atoms with E-state index in [-0.39, 0.29) is 29.8 Å². The Labute approximate surface area is 147 Å². The van der Waals surface area contributed by atoms with Crippen LogP contribution in [0, 0.1) is 5.82 Å². The molecule has 0 N–H and O–H groups in total. The number of amides is 2. The van der Waals surface area contributed by atoms with Gasteiger partial charge in [0.25, 0.3) is 0 Å². The van der Waals surface area contributed by atoms with Crippen LogP contribution in [0.3, 0.4) is 0 Å². The van der Waals surface area contributed by atoms with Gasteiger partial charge >= 0.3 is 0 Å². The minimum absolute atomic E-state index is 0.0350. The van der Waals surface area contributed by atoms with E-state index in [1.165, 1.54) is 30.0 Å². The summed E-state index contributed by atoms with van der Waals surface area (Å²) < 4.78 is 13.3. The van der Waals surface area contributed by atoms with Crippen LogP contribution in [-0.2, 0) is 9.59 Å². The summed E-state index contributed by atoms with van der Waals surface area (Å²) in [5.74, 6) is -0.656. The summed E-state index contributed by atoms with van der Waals surface area (Å²) in [7, 11) is 0. The third-order valence-electron chi connectivity index (χ3n) is 4.56. The number of carbonyl (C=O) groups excluding carboxylic acids is 2. The number of rotatable bonds is 5. The van der Waals surface area contributed by atoms with Gasteiger partial charge in [-0.3, -0.25) is 9.59 Å². The fourth-order valence-electron chi connectivity index (χ4n) is 3.23. The Morgan fingerprint density at radius 1 is 1.38 bits per heavy atom. The summed E-state index contributed by atoms with van der Waals surface area (Å²) in [5, 5.41) is -0.0350. The van der Waals surface area contributed by atoms with Gasteiger partial charge in [-0.15, -0.1) is 0 Å². The molecule has 1 atom stereocenters. The van der Waals surface area contributed by atoms with Gasteiger partial charge in [0.05, 0.1) is 5.02 Å². The van der Waals surface area contributed by atoms with Crippen LogP contribution < -0.4 is 4.90 Å². The van der Waals surface area contributed by atoms with Crippen LogP contribution in [-0.4, -0.2) is 35.8 Å². The first-order valence-corrected chi connectivity index (χ1v) is 8.84. The van der Waals surface area contributed by atoms with Crippen LogP contribution in [0.4, 0.5) is 10.1 Å². The lowest BCUT2D eigenvalue weighted by Gasteiger charge is -2.35. The SMILES string of the molecule is CCC1CCCCN1C(=O)CCN(C(C)=O)c1ccc(F)c(Cl)c1. The predicted octanol–water partition coefficient (Wildman–Crippen LogP) is 4.01. The molecule has 24 heavy (non-hydrogen) atoms. The normalized spacial score (nSPS) is 17.7. The van der Waals surface area contributed by atoms with Crippen molar-refractivity contribution >= 4 is 29.1 Å². The minimum Gasteiger partial charge on any atom is -0.340 e. The number of hydrogen-bond acceptors (Lipinski definition) is 2. The monoisotopic (exact) mass is 354 g/mol. The molecule has 0 aliphatic carbocycles. The van der Waals surface area contributed by atoms with Crippen LogP contribution in [0.5, 0.6) is 0 Å². The average Bonchev–Trinajstić information content (AvgIpc) is 2.57. The first-order chi connectivity index (χ1) is 11.4. The highest BCUT2D eigenvalue weighted by Gasteiger charge is 2.25. The first-order valence-electron chi connectivity index (χ1n) is 8.46. The van der Waals surface area contributed by atoms with Crippen LogP contribution in [0.1, 0.15) is 46.0 Å². The van der Waals surface area contributed by atoms with E-state index in [0.717, 1.165) is 32.2 Å². The molecule has 2 rings (SSSR count).